The average Bonchev–Trinajstić information content (AvgIpc) is 2.81. The van der Waals surface area contributed by atoms with Crippen LogP contribution in [0.4, 0.5) is 11.4 Å². The molecule has 1 saturated heterocycles. The summed E-state index contributed by atoms with van der Waals surface area (Å²) in [7, 11) is 0. The third-order valence-corrected chi connectivity index (χ3v) is 6.08. The lowest BCUT2D eigenvalue weighted by atomic mass is 10.1. The van der Waals surface area contributed by atoms with Crippen LogP contribution in [0.25, 0.3) is 10.8 Å². The highest BCUT2D eigenvalue weighted by atomic mass is 16.2. The predicted molar refractivity (Wildman–Crippen MR) is 130 cm³/mol. The van der Waals surface area contributed by atoms with Crippen molar-refractivity contribution < 1.29 is 9.59 Å². The van der Waals surface area contributed by atoms with Crippen molar-refractivity contribution in [1.82, 2.24) is 9.80 Å². The molecular weight excluding hydrogens is 400 g/mol. The summed E-state index contributed by atoms with van der Waals surface area (Å²) in [6.45, 7) is 7.34. The zero-order chi connectivity index (χ0) is 22.5. The number of amides is 2. The van der Waals surface area contributed by atoms with E-state index < -0.39 is 0 Å². The van der Waals surface area contributed by atoms with Gasteiger partial charge in [-0.25, -0.2) is 0 Å². The van der Waals surface area contributed by atoms with E-state index in [1.54, 1.807) is 0 Å². The van der Waals surface area contributed by atoms with Gasteiger partial charge in [0, 0.05) is 42.9 Å². The van der Waals surface area contributed by atoms with Gasteiger partial charge in [-0.15, -0.1) is 0 Å². The smallest absolute Gasteiger partial charge is 0.241 e. The monoisotopic (exact) mass is 430 g/mol. The summed E-state index contributed by atoms with van der Waals surface area (Å²) in [5.41, 5.74) is 2.82. The Balaban J connectivity index is 1.27. The van der Waals surface area contributed by atoms with Gasteiger partial charge in [-0.3, -0.25) is 19.4 Å². The molecule has 166 valence electrons. The molecule has 1 aliphatic heterocycles. The quantitative estimate of drug-likeness (QED) is 0.626. The number of rotatable bonds is 6. The van der Waals surface area contributed by atoms with Crippen LogP contribution in [0.3, 0.4) is 0 Å². The van der Waals surface area contributed by atoms with E-state index in [4.69, 9.17) is 0 Å². The van der Waals surface area contributed by atoms with E-state index in [0.29, 0.717) is 6.54 Å². The van der Waals surface area contributed by atoms with Gasteiger partial charge in [-0.1, -0.05) is 54.1 Å². The van der Waals surface area contributed by atoms with Crippen molar-refractivity contribution in [3.63, 3.8) is 0 Å². The minimum absolute atomic E-state index is 0.00748. The first kappa shape index (κ1) is 22.0. The third kappa shape index (κ3) is 5.33. The fraction of sp³-hybridized carbons (Fsp3) is 0.308. The molecule has 1 heterocycles. The maximum absolute atomic E-state index is 12.9. The van der Waals surface area contributed by atoms with Crippen LogP contribution < -0.4 is 10.6 Å². The van der Waals surface area contributed by atoms with Crippen LogP contribution in [-0.2, 0) is 9.59 Å². The zero-order valence-electron chi connectivity index (χ0n) is 18.7. The van der Waals surface area contributed by atoms with Gasteiger partial charge in [0.2, 0.25) is 11.8 Å². The van der Waals surface area contributed by atoms with Crippen molar-refractivity contribution in [2.24, 2.45) is 0 Å². The second-order valence-corrected chi connectivity index (χ2v) is 8.42. The van der Waals surface area contributed by atoms with Gasteiger partial charge in [-0.2, -0.15) is 0 Å². The fourth-order valence-corrected chi connectivity index (χ4v) is 4.09. The van der Waals surface area contributed by atoms with Crippen molar-refractivity contribution >= 4 is 34.0 Å². The van der Waals surface area contributed by atoms with Gasteiger partial charge in [0.15, 0.2) is 0 Å². The second kappa shape index (κ2) is 9.94. The topological polar surface area (TPSA) is 64.7 Å². The molecule has 2 amide bonds. The zero-order valence-corrected chi connectivity index (χ0v) is 18.7. The largest absolute Gasteiger partial charge is 0.325 e. The summed E-state index contributed by atoms with van der Waals surface area (Å²) < 4.78 is 0. The van der Waals surface area contributed by atoms with Gasteiger partial charge in [0.1, 0.15) is 0 Å². The minimum Gasteiger partial charge on any atom is -0.325 e. The number of nitrogens with zero attached hydrogens (tertiary/aromatic N) is 2. The number of carbonyl (C=O) groups excluding carboxylic acids is 2. The van der Waals surface area contributed by atoms with E-state index in [2.05, 4.69) is 20.4 Å². The lowest BCUT2D eigenvalue weighted by Crippen LogP contribution is -2.53. The Labute approximate surface area is 189 Å². The first-order valence-corrected chi connectivity index (χ1v) is 11.1. The molecule has 0 bridgehead atoms. The van der Waals surface area contributed by atoms with E-state index in [9.17, 15) is 9.59 Å². The highest BCUT2D eigenvalue weighted by Gasteiger charge is 2.26. The molecular formula is C26H30N4O2. The van der Waals surface area contributed by atoms with Gasteiger partial charge in [0.05, 0.1) is 12.6 Å². The van der Waals surface area contributed by atoms with Crippen molar-refractivity contribution in [2.75, 3.05) is 43.4 Å². The lowest BCUT2D eigenvalue weighted by Gasteiger charge is -2.37. The molecule has 0 radical (unpaired) electrons. The summed E-state index contributed by atoms with van der Waals surface area (Å²) >= 11 is 0. The number of nitrogens with one attached hydrogen (secondary N) is 2. The Morgan fingerprint density at radius 2 is 1.56 bits per heavy atom. The van der Waals surface area contributed by atoms with Crippen molar-refractivity contribution in [1.29, 1.82) is 0 Å². The predicted octanol–water partition coefficient (Wildman–Crippen LogP) is 3.73. The Kier molecular flexibility index (Phi) is 6.83. The summed E-state index contributed by atoms with van der Waals surface area (Å²) in [4.78, 5) is 29.6. The van der Waals surface area contributed by atoms with Crippen LogP contribution in [0, 0.1) is 6.92 Å². The molecule has 0 saturated carbocycles. The lowest BCUT2D eigenvalue weighted by molar-refractivity contribution is -0.122. The normalized spacial score (nSPS) is 15.9. The van der Waals surface area contributed by atoms with Crippen molar-refractivity contribution in [3.8, 4) is 0 Å². The molecule has 2 N–H and O–H groups in total. The third-order valence-electron chi connectivity index (χ3n) is 6.08. The van der Waals surface area contributed by atoms with E-state index in [-0.39, 0.29) is 17.9 Å². The van der Waals surface area contributed by atoms with Crippen molar-refractivity contribution in [2.45, 2.75) is 19.9 Å². The fourth-order valence-electron chi connectivity index (χ4n) is 4.09. The molecule has 0 spiro atoms. The van der Waals surface area contributed by atoms with Crippen LogP contribution in [0.1, 0.15) is 12.5 Å². The van der Waals surface area contributed by atoms with Crippen LogP contribution >= 0.6 is 0 Å². The molecule has 0 aliphatic carbocycles. The first-order chi connectivity index (χ1) is 15.5. The van der Waals surface area contributed by atoms with E-state index >= 15 is 0 Å². The van der Waals surface area contributed by atoms with Crippen LogP contribution in [0.2, 0.25) is 0 Å². The van der Waals surface area contributed by atoms with Gasteiger partial charge < -0.3 is 10.6 Å². The number of piperazine rings is 1. The minimum atomic E-state index is -0.238. The standard InChI is InChI=1S/C26H30N4O2/c1-19-10-12-22(13-11-19)27-25(31)18-29-14-16-30(17-15-29)20(2)26(32)28-24-9-5-7-21-6-3-4-8-23(21)24/h3-13,20H,14-18H2,1-2H3,(H,27,31)(H,28,32). The number of fused-ring (bicyclic) bond motifs is 1. The van der Waals surface area contributed by atoms with Gasteiger partial charge in [0.25, 0.3) is 0 Å². The molecule has 3 aromatic rings. The molecule has 32 heavy (non-hydrogen) atoms. The Bertz CT molecular complexity index is 1080. The van der Waals surface area contributed by atoms with Gasteiger partial charge >= 0.3 is 0 Å². The maximum Gasteiger partial charge on any atom is 0.241 e. The number of carbonyl (C=O) groups is 2. The second-order valence-electron chi connectivity index (χ2n) is 8.42. The van der Waals surface area contributed by atoms with Gasteiger partial charge in [-0.05, 0) is 37.4 Å². The number of aryl methyl sites for hydroxylation is 1. The highest BCUT2D eigenvalue weighted by Crippen LogP contribution is 2.23. The number of anilines is 2. The number of hydrogen-bond donors (Lipinski definition) is 2. The molecule has 1 unspecified atom stereocenters. The summed E-state index contributed by atoms with van der Waals surface area (Å²) in [6.07, 6.45) is 0. The molecule has 6 nitrogen and oxygen atoms in total. The average molecular weight is 431 g/mol. The molecule has 1 fully saturated rings. The molecule has 1 atom stereocenters. The maximum atomic E-state index is 12.9. The molecule has 3 aromatic carbocycles. The van der Waals surface area contributed by atoms with E-state index in [0.717, 1.165) is 53.9 Å². The molecule has 1 aliphatic rings. The first-order valence-electron chi connectivity index (χ1n) is 11.1. The Hall–Kier alpha value is -3.22. The number of hydrogen-bond acceptors (Lipinski definition) is 4. The molecule has 6 heteroatoms. The number of benzene rings is 3. The summed E-state index contributed by atoms with van der Waals surface area (Å²) in [5, 5.41) is 8.20. The molecule has 0 aromatic heterocycles. The Morgan fingerprint density at radius 1 is 0.875 bits per heavy atom. The van der Waals surface area contributed by atoms with Crippen LogP contribution in [-0.4, -0.2) is 60.4 Å². The molecule has 4 rings (SSSR count). The van der Waals surface area contributed by atoms with Crippen LogP contribution in [0.5, 0.6) is 0 Å². The Morgan fingerprint density at radius 3 is 2.31 bits per heavy atom. The summed E-state index contributed by atoms with van der Waals surface area (Å²) in [5.74, 6) is -0.0176. The van der Waals surface area contributed by atoms with Crippen LogP contribution in [0.15, 0.2) is 66.7 Å². The highest BCUT2D eigenvalue weighted by molar-refractivity contribution is 6.03. The SMILES string of the molecule is Cc1ccc(NC(=O)CN2CCN(C(C)C(=O)Nc3cccc4ccccc34)CC2)cc1. The van der Waals surface area contributed by atoms with Crippen molar-refractivity contribution in [3.05, 3.63) is 72.3 Å². The van der Waals surface area contributed by atoms with E-state index in [1.165, 1.54) is 0 Å². The summed E-state index contributed by atoms with van der Waals surface area (Å²) in [6, 6.07) is 21.6. The van der Waals surface area contributed by atoms with E-state index in [1.807, 2.05) is 80.6 Å².